The van der Waals surface area contributed by atoms with Crippen LogP contribution in [-0.2, 0) is 9.59 Å². The summed E-state index contributed by atoms with van der Waals surface area (Å²) in [6, 6.07) is 15.6. The van der Waals surface area contributed by atoms with Gasteiger partial charge in [-0.15, -0.1) is 0 Å². The maximum Gasteiger partial charge on any atom is 0.282 e. The van der Waals surface area contributed by atoms with Gasteiger partial charge in [0.05, 0.1) is 11.3 Å². The molecule has 0 bridgehead atoms. The Bertz CT molecular complexity index is 1190. The molecule has 0 aliphatic carbocycles. The molecular weight excluding hydrogens is 410 g/mol. The monoisotopic (exact) mass is 424 g/mol. The molecule has 3 aromatic rings. The van der Waals surface area contributed by atoms with Crippen molar-refractivity contribution >= 4 is 40.4 Å². The molecule has 1 aliphatic rings. The molecule has 0 fully saturated rings. The van der Waals surface area contributed by atoms with Crippen LogP contribution >= 0.6 is 11.6 Å². The fourth-order valence-corrected chi connectivity index (χ4v) is 3.43. The molecule has 150 valence electrons. The Labute approximate surface area is 176 Å². The van der Waals surface area contributed by atoms with Crippen molar-refractivity contribution in [3.63, 3.8) is 0 Å². The van der Waals surface area contributed by atoms with Gasteiger partial charge in [0.15, 0.2) is 0 Å². The molecule has 1 aliphatic heterocycles. The number of nitrogens with zero attached hydrogens (tertiary/aromatic N) is 1. The summed E-state index contributed by atoms with van der Waals surface area (Å²) in [5.41, 5.74) is 1.83. The van der Waals surface area contributed by atoms with Crippen molar-refractivity contribution in [2.45, 2.75) is 6.92 Å². The largest absolute Gasteiger partial charge is 0.350 e. The molecule has 0 unspecified atom stereocenters. The minimum Gasteiger partial charge on any atom is -0.350 e. The molecule has 0 saturated carbocycles. The fourth-order valence-electron chi connectivity index (χ4n) is 3.26. The Morgan fingerprint density at radius 3 is 2.07 bits per heavy atom. The van der Waals surface area contributed by atoms with E-state index in [2.05, 4.69) is 5.32 Å². The molecule has 0 saturated heterocycles. The van der Waals surface area contributed by atoms with E-state index in [4.69, 9.17) is 11.6 Å². The third-order valence-electron chi connectivity index (χ3n) is 4.81. The molecule has 1 N–H and O–H groups in total. The third-order valence-corrected chi connectivity index (χ3v) is 5.22. The first-order chi connectivity index (χ1) is 14.4. The Hall–Kier alpha value is -3.51. The minimum atomic E-state index is -0.589. The Morgan fingerprint density at radius 1 is 0.833 bits per heavy atom. The quantitative estimate of drug-likeness (QED) is 0.576. The van der Waals surface area contributed by atoms with Gasteiger partial charge < -0.3 is 5.32 Å². The van der Waals surface area contributed by atoms with Crippen LogP contribution in [0.15, 0.2) is 72.4 Å². The lowest BCUT2D eigenvalue weighted by Gasteiger charge is -2.18. The van der Waals surface area contributed by atoms with Crippen molar-refractivity contribution in [3.8, 4) is 0 Å². The van der Waals surface area contributed by atoms with Crippen LogP contribution < -0.4 is 10.2 Å². The summed E-state index contributed by atoms with van der Waals surface area (Å²) in [7, 11) is 0. The van der Waals surface area contributed by atoms with Gasteiger partial charge in [-0.05, 0) is 66.6 Å². The normalized spacial score (nSPS) is 13.9. The maximum absolute atomic E-state index is 13.4. The molecule has 2 amide bonds. The first-order valence-electron chi connectivity index (χ1n) is 9.03. The van der Waals surface area contributed by atoms with E-state index in [1.54, 1.807) is 25.1 Å². The summed E-state index contributed by atoms with van der Waals surface area (Å²) in [5, 5.41) is 3.33. The van der Waals surface area contributed by atoms with Crippen molar-refractivity contribution in [2.75, 3.05) is 10.2 Å². The molecule has 1 heterocycles. The van der Waals surface area contributed by atoms with E-state index in [0.717, 1.165) is 4.90 Å². The number of benzene rings is 3. The number of rotatable bonds is 4. The zero-order valence-corrected chi connectivity index (χ0v) is 16.5. The molecule has 3 aromatic carbocycles. The van der Waals surface area contributed by atoms with Crippen LogP contribution in [0.4, 0.5) is 20.2 Å². The van der Waals surface area contributed by atoms with E-state index in [0.29, 0.717) is 27.5 Å². The number of hydrogen-bond acceptors (Lipinski definition) is 3. The number of carbonyl (C=O) groups excluding carboxylic acids is 2. The van der Waals surface area contributed by atoms with Crippen LogP contribution in [0.2, 0.25) is 5.02 Å². The van der Waals surface area contributed by atoms with Crippen molar-refractivity contribution in [1.29, 1.82) is 0 Å². The maximum atomic E-state index is 13.4. The Balaban J connectivity index is 1.84. The number of nitrogens with one attached hydrogen (secondary N) is 1. The van der Waals surface area contributed by atoms with Crippen molar-refractivity contribution in [3.05, 3.63) is 100 Å². The van der Waals surface area contributed by atoms with Crippen LogP contribution in [0.25, 0.3) is 5.57 Å². The van der Waals surface area contributed by atoms with E-state index in [1.165, 1.54) is 48.5 Å². The number of carbonyl (C=O) groups is 2. The number of halogens is 3. The summed E-state index contributed by atoms with van der Waals surface area (Å²) in [4.78, 5) is 27.7. The van der Waals surface area contributed by atoms with Crippen LogP contribution in [-0.4, -0.2) is 11.8 Å². The van der Waals surface area contributed by atoms with Crippen molar-refractivity contribution in [2.24, 2.45) is 0 Å². The zero-order valence-electron chi connectivity index (χ0n) is 15.7. The first kappa shape index (κ1) is 19.8. The van der Waals surface area contributed by atoms with Gasteiger partial charge in [0, 0.05) is 10.7 Å². The fraction of sp³-hybridized carbons (Fsp3) is 0.0435. The summed E-state index contributed by atoms with van der Waals surface area (Å²) in [6.07, 6.45) is 0. The zero-order chi connectivity index (χ0) is 21.4. The third kappa shape index (κ3) is 3.46. The molecule has 0 atom stereocenters. The number of anilines is 2. The van der Waals surface area contributed by atoms with Gasteiger partial charge in [0.1, 0.15) is 17.3 Å². The van der Waals surface area contributed by atoms with Crippen molar-refractivity contribution in [1.82, 2.24) is 0 Å². The standard InChI is InChI=1S/C23H15ClF2N2O2/c1-13-18(24)3-2-4-19(13)28-22(29)20(14-5-7-15(25)8-6-14)21(23(28)30)27-17-11-9-16(26)10-12-17/h2-12,27H,1H3. The lowest BCUT2D eigenvalue weighted by Crippen LogP contribution is -2.33. The lowest BCUT2D eigenvalue weighted by molar-refractivity contribution is -0.120. The molecule has 0 aromatic heterocycles. The topological polar surface area (TPSA) is 49.4 Å². The average Bonchev–Trinajstić information content (AvgIpc) is 2.96. The van der Waals surface area contributed by atoms with E-state index >= 15 is 0 Å². The highest BCUT2D eigenvalue weighted by Crippen LogP contribution is 2.36. The van der Waals surface area contributed by atoms with Gasteiger partial charge in [0.2, 0.25) is 0 Å². The van der Waals surface area contributed by atoms with Crippen LogP contribution in [0.5, 0.6) is 0 Å². The second kappa shape index (κ2) is 7.72. The van der Waals surface area contributed by atoms with Crippen LogP contribution in [0.3, 0.4) is 0 Å². The molecule has 4 nitrogen and oxygen atoms in total. The van der Waals surface area contributed by atoms with Crippen molar-refractivity contribution < 1.29 is 18.4 Å². The van der Waals surface area contributed by atoms with Crippen LogP contribution in [0, 0.1) is 18.6 Å². The molecule has 0 radical (unpaired) electrons. The number of amides is 2. The van der Waals surface area contributed by atoms with Crippen LogP contribution in [0.1, 0.15) is 11.1 Å². The molecular formula is C23H15ClF2N2O2. The summed E-state index contributed by atoms with van der Waals surface area (Å²) >= 11 is 6.18. The molecule has 0 spiro atoms. The van der Waals surface area contributed by atoms with E-state index < -0.39 is 23.4 Å². The van der Waals surface area contributed by atoms with E-state index in [-0.39, 0.29) is 11.3 Å². The number of hydrogen-bond donors (Lipinski definition) is 1. The highest BCUT2D eigenvalue weighted by molar-refractivity contribution is 6.46. The molecule has 30 heavy (non-hydrogen) atoms. The second-order valence-corrected chi connectivity index (χ2v) is 7.13. The highest BCUT2D eigenvalue weighted by Gasteiger charge is 2.41. The van der Waals surface area contributed by atoms with Gasteiger partial charge in [0.25, 0.3) is 11.8 Å². The SMILES string of the molecule is Cc1c(Cl)cccc1N1C(=O)C(Nc2ccc(F)cc2)=C(c2ccc(F)cc2)C1=O. The van der Waals surface area contributed by atoms with Gasteiger partial charge >= 0.3 is 0 Å². The first-order valence-corrected chi connectivity index (χ1v) is 9.41. The smallest absolute Gasteiger partial charge is 0.282 e. The summed E-state index contributed by atoms with van der Waals surface area (Å²) in [5.74, 6) is -2.05. The van der Waals surface area contributed by atoms with Gasteiger partial charge in [-0.1, -0.05) is 29.8 Å². The molecule has 4 rings (SSSR count). The van der Waals surface area contributed by atoms with E-state index in [9.17, 15) is 18.4 Å². The van der Waals surface area contributed by atoms with E-state index in [1.807, 2.05) is 0 Å². The predicted octanol–water partition coefficient (Wildman–Crippen LogP) is 5.32. The lowest BCUT2D eigenvalue weighted by atomic mass is 10.0. The minimum absolute atomic E-state index is 0.0117. The number of imide groups is 1. The average molecular weight is 425 g/mol. The van der Waals surface area contributed by atoms with Gasteiger partial charge in [-0.2, -0.15) is 0 Å². The van der Waals surface area contributed by atoms with Gasteiger partial charge in [-0.3, -0.25) is 9.59 Å². The highest BCUT2D eigenvalue weighted by atomic mass is 35.5. The van der Waals surface area contributed by atoms with Gasteiger partial charge in [-0.25, -0.2) is 13.7 Å². The Kier molecular flexibility index (Phi) is 5.10. The Morgan fingerprint density at radius 2 is 1.43 bits per heavy atom. The summed E-state index contributed by atoms with van der Waals surface area (Å²) in [6.45, 7) is 1.71. The predicted molar refractivity (Wildman–Crippen MR) is 112 cm³/mol. The molecule has 7 heteroatoms. The second-order valence-electron chi connectivity index (χ2n) is 6.72. The summed E-state index contributed by atoms with van der Waals surface area (Å²) < 4.78 is 26.7.